The van der Waals surface area contributed by atoms with Crippen molar-refractivity contribution in [3.63, 3.8) is 0 Å². The molecule has 25 heavy (non-hydrogen) atoms. The molecule has 1 amide bonds. The van der Waals surface area contributed by atoms with Gasteiger partial charge in [0.15, 0.2) is 11.5 Å². The summed E-state index contributed by atoms with van der Waals surface area (Å²) in [5, 5.41) is 2.94. The smallest absolute Gasteiger partial charge is 0.367 e. The van der Waals surface area contributed by atoms with E-state index in [1.807, 2.05) is 0 Å². The molecule has 2 aromatic rings. The van der Waals surface area contributed by atoms with Crippen molar-refractivity contribution in [3.05, 3.63) is 36.3 Å². The van der Waals surface area contributed by atoms with E-state index in [-0.39, 0.29) is 30.0 Å². The number of likely N-dealkylation sites (tertiary alicyclic amines) is 1. The number of amides is 1. The van der Waals surface area contributed by atoms with Gasteiger partial charge < -0.3 is 10.2 Å². The molecule has 0 bridgehead atoms. The van der Waals surface area contributed by atoms with Crippen LogP contribution in [-0.2, 0) is 11.0 Å². The van der Waals surface area contributed by atoms with Crippen LogP contribution in [0.15, 0.2) is 30.6 Å². The van der Waals surface area contributed by atoms with Gasteiger partial charge in [0, 0.05) is 50.1 Å². The zero-order chi connectivity index (χ0) is 18.0. The molecule has 1 unspecified atom stereocenters. The topological polar surface area (TPSA) is 71.0 Å². The van der Waals surface area contributed by atoms with Gasteiger partial charge in [0.25, 0.3) is 0 Å². The molecule has 1 fully saturated rings. The number of carbonyl (C=O) groups excluding carboxylic acids is 1. The van der Waals surface area contributed by atoms with Crippen molar-refractivity contribution in [3.8, 4) is 11.4 Å². The van der Waals surface area contributed by atoms with E-state index < -0.39 is 11.9 Å². The van der Waals surface area contributed by atoms with Crippen molar-refractivity contribution < 1.29 is 18.0 Å². The summed E-state index contributed by atoms with van der Waals surface area (Å²) in [5.41, 5.74) is -0.654. The van der Waals surface area contributed by atoms with Crippen LogP contribution in [0.3, 0.4) is 0 Å². The van der Waals surface area contributed by atoms with Gasteiger partial charge in [-0.15, -0.1) is 0 Å². The number of aromatic nitrogens is 3. The fourth-order valence-corrected chi connectivity index (χ4v) is 2.57. The average Bonchev–Trinajstić information content (AvgIpc) is 2.58. The molecule has 1 N–H and O–H groups in total. The van der Waals surface area contributed by atoms with Crippen LogP contribution in [0.5, 0.6) is 0 Å². The van der Waals surface area contributed by atoms with Crippen molar-refractivity contribution in [2.45, 2.75) is 25.1 Å². The number of nitrogens with zero attached hydrogens (tertiary/aromatic N) is 4. The molecule has 1 saturated heterocycles. The number of nitrogens with one attached hydrogen (secondary N) is 1. The lowest BCUT2D eigenvalue weighted by Gasteiger charge is -2.29. The lowest BCUT2D eigenvalue weighted by atomic mass is 10.0. The van der Waals surface area contributed by atoms with Crippen molar-refractivity contribution in [1.82, 2.24) is 19.9 Å². The fraction of sp³-hybridized carbons (Fsp3) is 0.375. The van der Waals surface area contributed by atoms with Gasteiger partial charge >= 0.3 is 6.18 Å². The quantitative estimate of drug-likeness (QED) is 0.920. The summed E-state index contributed by atoms with van der Waals surface area (Å²) in [6.45, 7) is 0.545. The van der Waals surface area contributed by atoms with E-state index >= 15 is 0 Å². The Morgan fingerprint density at radius 1 is 1.32 bits per heavy atom. The van der Waals surface area contributed by atoms with Crippen LogP contribution in [-0.4, -0.2) is 45.4 Å². The summed E-state index contributed by atoms with van der Waals surface area (Å²) in [7, 11) is 1.70. The number of alkyl halides is 3. The summed E-state index contributed by atoms with van der Waals surface area (Å²) in [6, 6.07) is 3.79. The van der Waals surface area contributed by atoms with Gasteiger partial charge in [0.05, 0.1) is 0 Å². The summed E-state index contributed by atoms with van der Waals surface area (Å²) in [5.74, 6) is -0.0745. The molecule has 6 nitrogen and oxygen atoms in total. The lowest BCUT2D eigenvalue weighted by Crippen LogP contribution is -2.41. The molecular weight excluding hydrogens is 335 g/mol. The zero-order valence-electron chi connectivity index (χ0n) is 13.4. The van der Waals surface area contributed by atoms with Crippen molar-refractivity contribution in [2.75, 3.05) is 18.9 Å². The van der Waals surface area contributed by atoms with Crippen LogP contribution in [0.25, 0.3) is 11.4 Å². The summed E-state index contributed by atoms with van der Waals surface area (Å²) in [4.78, 5) is 25.0. The minimum Gasteiger partial charge on any atom is -0.367 e. The second-order valence-electron chi connectivity index (χ2n) is 5.85. The molecule has 0 aliphatic carbocycles. The maximum atomic E-state index is 13.2. The minimum absolute atomic E-state index is 0.0449. The van der Waals surface area contributed by atoms with Crippen LogP contribution >= 0.6 is 0 Å². The molecule has 1 aliphatic heterocycles. The van der Waals surface area contributed by atoms with Crippen LogP contribution in [0.2, 0.25) is 0 Å². The lowest BCUT2D eigenvalue weighted by molar-refractivity contribution is -0.141. The summed E-state index contributed by atoms with van der Waals surface area (Å²) in [6.07, 6.45) is -0.836. The summed E-state index contributed by atoms with van der Waals surface area (Å²) < 4.78 is 39.5. The third-order valence-corrected chi connectivity index (χ3v) is 3.95. The van der Waals surface area contributed by atoms with Crippen molar-refractivity contribution in [2.24, 2.45) is 0 Å². The van der Waals surface area contributed by atoms with E-state index in [0.717, 1.165) is 6.07 Å². The minimum atomic E-state index is -4.60. The largest absolute Gasteiger partial charge is 0.433 e. The number of pyridine rings is 1. The van der Waals surface area contributed by atoms with E-state index in [0.29, 0.717) is 18.5 Å². The molecule has 9 heteroatoms. The maximum absolute atomic E-state index is 13.2. The van der Waals surface area contributed by atoms with Gasteiger partial charge in [0.1, 0.15) is 5.82 Å². The van der Waals surface area contributed by atoms with E-state index in [4.69, 9.17) is 0 Å². The first-order chi connectivity index (χ1) is 11.8. The van der Waals surface area contributed by atoms with E-state index in [9.17, 15) is 18.0 Å². The van der Waals surface area contributed by atoms with Crippen LogP contribution in [0.4, 0.5) is 19.0 Å². The van der Waals surface area contributed by atoms with E-state index in [1.54, 1.807) is 24.1 Å². The Hall–Kier alpha value is -2.71. The average molecular weight is 351 g/mol. The van der Waals surface area contributed by atoms with Crippen molar-refractivity contribution >= 4 is 11.7 Å². The van der Waals surface area contributed by atoms with Gasteiger partial charge in [-0.2, -0.15) is 13.2 Å². The van der Waals surface area contributed by atoms with Gasteiger partial charge in [-0.05, 0) is 18.6 Å². The molecular formula is C16H16F3N5O. The third kappa shape index (κ3) is 4.04. The SMILES string of the molecule is CN1CCC(Nc2cc(C(F)(F)F)nc(-c3cccnc3)n2)CC1=O. The molecule has 1 aliphatic rings. The number of rotatable bonds is 3. The highest BCUT2D eigenvalue weighted by atomic mass is 19.4. The molecule has 0 radical (unpaired) electrons. The van der Waals surface area contributed by atoms with Crippen LogP contribution in [0.1, 0.15) is 18.5 Å². The van der Waals surface area contributed by atoms with Gasteiger partial charge in [0.2, 0.25) is 5.91 Å². The number of carbonyl (C=O) groups is 1. The van der Waals surface area contributed by atoms with Gasteiger partial charge in [-0.25, -0.2) is 9.97 Å². The molecule has 1 atom stereocenters. The van der Waals surface area contributed by atoms with Crippen LogP contribution < -0.4 is 5.32 Å². The van der Waals surface area contributed by atoms with E-state index in [2.05, 4.69) is 20.3 Å². The predicted octanol–water partition coefficient (Wildman–Crippen LogP) is 2.59. The predicted molar refractivity (Wildman–Crippen MR) is 84.5 cm³/mol. The molecule has 2 aromatic heterocycles. The molecule has 3 rings (SSSR count). The fourth-order valence-electron chi connectivity index (χ4n) is 2.57. The molecule has 3 heterocycles. The highest BCUT2D eigenvalue weighted by Crippen LogP contribution is 2.31. The first-order valence-electron chi connectivity index (χ1n) is 7.70. The monoisotopic (exact) mass is 351 g/mol. The van der Waals surface area contributed by atoms with Crippen molar-refractivity contribution in [1.29, 1.82) is 0 Å². The molecule has 0 aromatic carbocycles. The Morgan fingerprint density at radius 3 is 2.76 bits per heavy atom. The van der Waals surface area contributed by atoms with E-state index in [1.165, 1.54) is 12.4 Å². The Labute approximate surface area is 142 Å². The second-order valence-corrected chi connectivity index (χ2v) is 5.85. The molecule has 132 valence electrons. The zero-order valence-corrected chi connectivity index (χ0v) is 13.4. The Balaban J connectivity index is 1.92. The standard InChI is InChI=1S/C16H16F3N5O/c1-24-6-4-11(7-14(24)25)21-13-8-12(16(17,18)19)22-15(23-13)10-3-2-5-20-9-10/h2-3,5,8-9,11H,4,6-7H2,1H3,(H,21,22,23). The molecule has 0 saturated carbocycles. The number of piperidine rings is 1. The number of halogens is 3. The number of hydrogen-bond donors (Lipinski definition) is 1. The summed E-state index contributed by atoms with van der Waals surface area (Å²) >= 11 is 0. The second kappa shape index (κ2) is 6.66. The Kier molecular flexibility index (Phi) is 4.56. The third-order valence-electron chi connectivity index (χ3n) is 3.95. The number of hydrogen-bond acceptors (Lipinski definition) is 5. The van der Waals surface area contributed by atoms with Gasteiger partial charge in [-0.1, -0.05) is 0 Å². The number of anilines is 1. The Morgan fingerprint density at radius 2 is 2.12 bits per heavy atom. The normalized spacial score (nSPS) is 18.3. The maximum Gasteiger partial charge on any atom is 0.433 e. The van der Waals surface area contributed by atoms with Gasteiger partial charge in [-0.3, -0.25) is 9.78 Å². The van der Waals surface area contributed by atoms with Crippen LogP contribution in [0, 0.1) is 0 Å². The first-order valence-corrected chi connectivity index (χ1v) is 7.70. The molecule has 0 spiro atoms. The highest BCUT2D eigenvalue weighted by Gasteiger charge is 2.34. The Bertz CT molecular complexity index is 766. The highest BCUT2D eigenvalue weighted by molar-refractivity contribution is 5.77. The first kappa shape index (κ1) is 17.1.